The minimum Gasteiger partial charge on any atom is -0.497 e. The third-order valence-corrected chi connectivity index (χ3v) is 13.7. The first-order valence-electron chi connectivity index (χ1n) is 23.7. The van der Waals surface area contributed by atoms with E-state index in [1.165, 1.54) is 22.0 Å². The highest BCUT2D eigenvalue weighted by atomic mass is 35.5. The van der Waals surface area contributed by atoms with Crippen molar-refractivity contribution in [1.82, 2.24) is 30.0 Å². The van der Waals surface area contributed by atoms with Gasteiger partial charge in [0.05, 0.1) is 52.7 Å². The Bertz CT molecular complexity index is 2850. The SMILES string of the molecule is COc1ccc(CN2CC(=O)Nc3ncc(/C=C/C(=O)N4CC(OCc5cccs5)C4)cc3C2)cc1.COc1ccc(CN2CC(=O)Nc3ncc(/C=C/C(=O)O)cc3C2)cc1.Cl.Cl.c1csc(COC2CNC2)c1. The van der Waals surface area contributed by atoms with E-state index in [2.05, 4.69) is 48.3 Å². The number of hydrogen-bond acceptors (Lipinski definition) is 15. The Morgan fingerprint density at radius 2 is 1.13 bits per heavy atom. The first-order chi connectivity index (χ1) is 35.5. The van der Waals surface area contributed by atoms with Crippen LogP contribution < -0.4 is 25.4 Å². The zero-order valence-corrected chi connectivity index (χ0v) is 44.7. The van der Waals surface area contributed by atoms with Crippen LogP contribution in [0.5, 0.6) is 11.5 Å². The number of anilines is 2. The number of rotatable bonds is 16. The number of carboxylic acid groups (broad SMARTS) is 1. The number of carbonyl (C=O) groups excluding carboxylic acids is 3. The molecule has 3 amide bonds. The van der Waals surface area contributed by atoms with E-state index in [0.717, 1.165) is 65.1 Å². The van der Waals surface area contributed by atoms with Gasteiger partial charge in [0.1, 0.15) is 23.1 Å². The maximum Gasteiger partial charge on any atom is 0.328 e. The summed E-state index contributed by atoms with van der Waals surface area (Å²) in [5, 5.41) is 21.7. The van der Waals surface area contributed by atoms with Crippen LogP contribution in [0.25, 0.3) is 12.2 Å². The molecule has 2 aromatic carbocycles. The van der Waals surface area contributed by atoms with Gasteiger partial charge < -0.3 is 44.9 Å². The van der Waals surface area contributed by atoms with Crippen LogP contribution in [0.15, 0.2) is 120 Å². The molecule has 0 radical (unpaired) electrons. The van der Waals surface area contributed by atoms with E-state index in [9.17, 15) is 19.2 Å². The largest absolute Gasteiger partial charge is 0.497 e. The van der Waals surface area contributed by atoms with Gasteiger partial charge in [0.15, 0.2) is 0 Å². The number of thiophene rings is 2. The number of benzene rings is 2. The van der Waals surface area contributed by atoms with Crippen molar-refractivity contribution >= 4 is 95.0 Å². The van der Waals surface area contributed by atoms with Crippen molar-refractivity contribution in [2.75, 3.05) is 64.1 Å². The van der Waals surface area contributed by atoms with E-state index < -0.39 is 5.97 Å². The van der Waals surface area contributed by atoms with Crippen LogP contribution in [0.1, 0.15) is 43.1 Å². The fourth-order valence-electron chi connectivity index (χ4n) is 7.98. The summed E-state index contributed by atoms with van der Waals surface area (Å²) in [5.74, 6) is 1.37. The van der Waals surface area contributed by atoms with Gasteiger partial charge in [0, 0.05) is 97.8 Å². The van der Waals surface area contributed by atoms with Gasteiger partial charge in [-0.2, -0.15) is 0 Å². The fraction of sp³-hybridized carbons (Fsp3) is 0.296. The molecular weight excluding hydrogens is 1040 g/mol. The lowest BCUT2D eigenvalue weighted by Crippen LogP contribution is -2.54. The molecule has 2 saturated heterocycles. The molecule has 21 heteroatoms. The summed E-state index contributed by atoms with van der Waals surface area (Å²) in [5.41, 5.74) is 5.40. The van der Waals surface area contributed by atoms with Crippen molar-refractivity contribution < 1.29 is 43.2 Å². The Morgan fingerprint density at radius 3 is 1.55 bits per heavy atom. The molecule has 4 aliphatic rings. The lowest BCUT2D eigenvalue weighted by molar-refractivity contribution is -0.140. The van der Waals surface area contributed by atoms with Gasteiger partial charge in [-0.15, -0.1) is 47.5 Å². The highest BCUT2D eigenvalue weighted by molar-refractivity contribution is 7.10. The Balaban J connectivity index is 0.000000204. The van der Waals surface area contributed by atoms with E-state index in [-0.39, 0.29) is 61.7 Å². The maximum absolute atomic E-state index is 12.6. The van der Waals surface area contributed by atoms with Gasteiger partial charge in [0.25, 0.3) is 0 Å². The number of fused-ring (bicyclic) bond motifs is 2. The normalized spacial score (nSPS) is 15.6. The number of ether oxygens (including phenoxy) is 4. The van der Waals surface area contributed by atoms with Gasteiger partial charge >= 0.3 is 5.97 Å². The molecular formula is C54H60Cl2N8O9S2. The Labute approximate surface area is 456 Å². The van der Waals surface area contributed by atoms with Crippen LogP contribution in [0.4, 0.5) is 11.6 Å². The van der Waals surface area contributed by atoms with E-state index in [1.54, 1.807) is 60.1 Å². The molecule has 0 aliphatic carbocycles. The number of halogens is 2. The molecule has 4 aromatic heterocycles. The smallest absolute Gasteiger partial charge is 0.328 e. The summed E-state index contributed by atoms with van der Waals surface area (Å²) < 4.78 is 21.8. The van der Waals surface area contributed by atoms with Gasteiger partial charge in [-0.1, -0.05) is 36.4 Å². The number of carboxylic acids is 1. The standard InChI is InChI=1S/C27H28N4O4S.C19H19N3O4.C8H11NOS.2ClH/c1-34-22-7-4-19(5-8-22)13-30-14-21-11-20(12-28-27(21)29-25(32)17-30)6-9-26(33)31-15-23(16-31)35-18-24-3-2-10-36-24;1-26-16-5-2-13(3-6-16)10-22-11-15-8-14(4-7-18(24)25)9-20-19(15)21-17(23)12-22;1-2-8(11-3-1)6-10-7-4-9-5-7;;/h2-12,23H,13-18H2,1H3,(H,28,29,32);2-9H,10-12H2,1H3,(H,24,25)(H,20,21,23);1-3,7,9H,4-6H2;2*1H/b9-6+;7-4+;;;. The second-order valence-corrected chi connectivity index (χ2v) is 19.6. The summed E-state index contributed by atoms with van der Waals surface area (Å²) in [7, 11) is 3.26. The lowest BCUT2D eigenvalue weighted by Gasteiger charge is -2.38. The number of aliphatic carboxylic acids is 1. The van der Waals surface area contributed by atoms with Crippen LogP contribution in [0.3, 0.4) is 0 Å². The number of amides is 3. The molecule has 4 aliphatic heterocycles. The van der Waals surface area contributed by atoms with Gasteiger partial charge in [0.2, 0.25) is 17.7 Å². The Hall–Kier alpha value is -6.52. The minimum atomic E-state index is -1.02. The molecule has 0 spiro atoms. The summed E-state index contributed by atoms with van der Waals surface area (Å²) in [4.78, 5) is 64.8. The van der Waals surface area contributed by atoms with E-state index in [1.807, 2.05) is 83.1 Å². The number of aromatic nitrogens is 2. The predicted octanol–water partition coefficient (Wildman–Crippen LogP) is 7.77. The molecule has 0 unspecified atom stereocenters. The highest BCUT2D eigenvalue weighted by Crippen LogP contribution is 2.25. The molecule has 396 valence electrons. The monoisotopic (exact) mass is 1100 g/mol. The van der Waals surface area contributed by atoms with Crippen molar-refractivity contribution in [3.8, 4) is 11.5 Å². The lowest BCUT2D eigenvalue weighted by atomic mass is 10.1. The molecule has 75 heavy (non-hydrogen) atoms. The van der Waals surface area contributed by atoms with Crippen molar-refractivity contribution in [3.05, 3.63) is 163 Å². The van der Waals surface area contributed by atoms with E-state index in [0.29, 0.717) is 69.2 Å². The Morgan fingerprint density at radius 1 is 0.667 bits per heavy atom. The van der Waals surface area contributed by atoms with Crippen LogP contribution in [-0.4, -0.2) is 119 Å². The first kappa shape index (κ1) is 57.8. The molecule has 2 fully saturated rings. The van der Waals surface area contributed by atoms with E-state index >= 15 is 0 Å². The van der Waals surface area contributed by atoms with Crippen molar-refractivity contribution in [2.24, 2.45) is 0 Å². The maximum atomic E-state index is 12.6. The minimum absolute atomic E-state index is 0. The highest BCUT2D eigenvalue weighted by Gasteiger charge is 2.30. The second-order valence-electron chi connectivity index (χ2n) is 17.6. The topological polar surface area (TPSA) is 197 Å². The number of nitrogens with zero attached hydrogens (tertiary/aromatic N) is 5. The van der Waals surface area contributed by atoms with Gasteiger partial charge in [-0.3, -0.25) is 24.2 Å². The molecule has 0 atom stereocenters. The average Bonchev–Trinajstić information content (AvgIpc) is 4.03. The summed E-state index contributed by atoms with van der Waals surface area (Å²) in [6, 6.07) is 27.6. The van der Waals surface area contributed by atoms with Crippen LogP contribution >= 0.6 is 47.5 Å². The second kappa shape index (κ2) is 29.0. The summed E-state index contributed by atoms with van der Waals surface area (Å²) in [6.45, 7) is 7.46. The fourth-order valence-corrected chi connectivity index (χ4v) is 9.23. The summed E-state index contributed by atoms with van der Waals surface area (Å²) in [6.07, 6.45) is 9.64. The zero-order valence-electron chi connectivity index (χ0n) is 41.4. The molecule has 17 nitrogen and oxygen atoms in total. The number of pyridine rings is 2. The van der Waals surface area contributed by atoms with Crippen molar-refractivity contribution in [3.63, 3.8) is 0 Å². The molecule has 0 bridgehead atoms. The number of methoxy groups -OCH3 is 2. The number of likely N-dealkylation sites (tertiary alicyclic amines) is 1. The van der Waals surface area contributed by atoms with Crippen molar-refractivity contribution in [2.45, 2.75) is 51.6 Å². The summed E-state index contributed by atoms with van der Waals surface area (Å²) >= 11 is 3.43. The molecule has 6 aromatic rings. The number of carbonyl (C=O) groups is 4. The third kappa shape index (κ3) is 17.8. The van der Waals surface area contributed by atoms with Gasteiger partial charge in [-0.05, 0) is 93.7 Å². The van der Waals surface area contributed by atoms with Gasteiger partial charge in [-0.25, -0.2) is 14.8 Å². The number of hydrogen-bond donors (Lipinski definition) is 4. The molecule has 10 rings (SSSR count). The van der Waals surface area contributed by atoms with Crippen LogP contribution in [0, 0.1) is 0 Å². The van der Waals surface area contributed by atoms with Crippen molar-refractivity contribution in [1.29, 1.82) is 0 Å². The van der Waals surface area contributed by atoms with Crippen LogP contribution in [0.2, 0.25) is 0 Å². The quantitative estimate of drug-likeness (QED) is 0.0686. The first-order valence-corrected chi connectivity index (χ1v) is 25.4. The third-order valence-electron chi connectivity index (χ3n) is 12.0. The zero-order chi connectivity index (χ0) is 50.9. The predicted molar refractivity (Wildman–Crippen MR) is 295 cm³/mol. The Kier molecular flexibility index (Phi) is 22.3. The molecule has 0 saturated carbocycles. The average molecular weight is 1100 g/mol. The number of nitrogens with one attached hydrogen (secondary N) is 3. The van der Waals surface area contributed by atoms with Crippen LogP contribution in [-0.2, 0) is 68.0 Å². The van der Waals surface area contributed by atoms with E-state index in [4.69, 9.17) is 24.1 Å². The molecule has 8 heterocycles. The molecule has 4 N–H and O–H groups in total.